The topological polar surface area (TPSA) is 0 Å². The van der Waals surface area contributed by atoms with Crippen LogP contribution in [0.15, 0.2) is 67.3 Å². The Morgan fingerprint density at radius 3 is 2.03 bits per heavy atom. The maximum Gasteiger partial charge on any atom is 0.0237 e. The van der Waals surface area contributed by atoms with Crippen LogP contribution < -0.4 is 0 Å². The fraction of sp³-hybridized carbons (Fsp3) is 0.533. The maximum atomic E-state index is 4.16. The van der Waals surface area contributed by atoms with E-state index in [-0.39, 0.29) is 5.41 Å². The molecular weight excluding hydrogens is 360 g/mol. The standard InChI is InChI=1S/C22H30.C4H8.2C2H6/c1-6-9-12-16-22(17(4)13-7-2)20(8-3)18(5)19-14-10-11-15-21(19)22;1-3-4-2;2*1-2/h6,8,10-11,14-15,17H,1,3,7,9,12-13,16H2,2,4-5H3;3-4H,1-2H3;2*1-2H3. The van der Waals surface area contributed by atoms with Crippen LogP contribution in [0.1, 0.15) is 106 Å². The van der Waals surface area contributed by atoms with Crippen LogP contribution in [-0.4, -0.2) is 0 Å². The van der Waals surface area contributed by atoms with Gasteiger partial charge in [0.05, 0.1) is 0 Å². The number of unbranched alkanes of at least 4 members (excludes halogenated alkanes) is 1. The van der Waals surface area contributed by atoms with Crippen molar-refractivity contribution in [2.24, 2.45) is 5.92 Å². The van der Waals surface area contributed by atoms with Crippen LogP contribution in [-0.2, 0) is 5.41 Å². The van der Waals surface area contributed by atoms with E-state index in [1.165, 1.54) is 48.0 Å². The molecule has 0 N–H and O–H groups in total. The molecule has 0 spiro atoms. The van der Waals surface area contributed by atoms with Crippen molar-refractivity contribution < 1.29 is 0 Å². The van der Waals surface area contributed by atoms with E-state index >= 15 is 0 Å². The Morgan fingerprint density at radius 2 is 1.57 bits per heavy atom. The smallest absolute Gasteiger partial charge is 0.0237 e. The van der Waals surface area contributed by atoms with Gasteiger partial charge >= 0.3 is 0 Å². The highest BCUT2D eigenvalue weighted by Crippen LogP contribution is 2.54. The van der Waals surface area contributed by atoms with Gasteiger partial charge in [0, 0.05) is 5.41 Å². The van der Waals surface area contributed by atoms with Crippen LogP contribution in [0.5, 0.6) is 0 Å². The third kappa shape index (κ3) is 7.46. The van der Waals surface area contributed by atoms with E-state index in [4.69, 9.17) is 0 Å². The van der Waals surface area contributed by atoms with Crippen molar-refractivity contribution in [2.45, 2.75) is 99.8 Å². The summed E-state index contributed by atoms with van der Waals surface area (Å²) in [6.45, 7) is 27.0. The van der Waals surface area contributed by atoms with Crippen molar-refractivity contribution in [2.75, 3.05) is 0 Å². The summed E-state index contributed by atoms with van der Waals surface area (Å²) in [5.41, 5.74) is 5.97. The molecule has 0 saturated carbocycles. The predicted molar refractivity (Wildman–Crippen MR) is 142 cm³/mol. The average molecular weight is 411 g/mol. The van der Waals surface area contributed by atoms with Crippen molar-refractivity contribution in [3.8, 4) is 0 Å². The van der Waals surface area contributed by atoms with Crippen molar-refractivity contribution >= 4 is 5.57 Å². The SMILES string of the molecule is C=CCCCC1(C(C)CCC)C(C=C)=C(C)c2ccccc21.CC.CC.CC=CC. The van der Waals surface area contributed by atoms with Gasteiger partial charge in [0.2, 0.25) is 0 Å². The Balaban J connectivity index is 0. The van der Waals surface area contributed by atoms with E-state index in [1.54, 1.807) is 0 Å². The van der Waals surface area contributed by atoms with Crippen molar-refractivity contribution in [1.82, 2.24) is 0 Å². The van der Waals surface area contributed by atoms with Gasteiger partial charge in [-0.2, -0.15) is 0 Å². The summed E-state index contributed by atoms with van der Waals surface area (Å²) in [7, 11) is 0. The predicted octanol–water partition coefficient (Wildman–Crippen LogP) is 10.3. The average Bonchev–Trinajstić information content (AvgIpc) is 3.05. The number of rotatable bonds is 8. The molecule has 1 aromatic carbocycles. The minimum Gasteiger partial charge on any atom is -0.103 e. The summed E-state index contributed by atoms with van der Waals surface area (Å²) in [6.07, 6.45) is 14.1. The van der Waals surface area contributed by atoms with E-state index in [1.807, 2.05) is 59.8 Å². The van der Waals surface area contributed by atoms with Gasteiger partial charge in [0.15, 0.2) is 0 Å². The van der Waals surface area contributed by atoms with E-state index in [2.05, 4.69) is 64.3 Å². The minimum absolute atomic E-state index is 0.140. The molecule has 0 heteroatoms. The van der Waals surface area contributed by atoms with E-state index in [9.17, 15) is 0 Å². The normalized spacial score (nSPS) is 17.5. The van der Waals surface area contributed by atoms with E-state index in [0.29, 0.717) is 5.92 Å². The zero-order chi connectivity index (χ0) is 23.6. The minimum atomic E-state index is 0.140. The van der Waals surface area contributed by atoms with Crippen LogP contribution in [0.25, 0.3) is 5.57 Å². The molecule has 0 radical (unpaired) electrons. The Morgan fingerprint density at radius 1 is 1.00 bits per heavy atom. The molecule has 0 bridgehead atoms. The first-order chi connectivity index (χ1) is 14.5. The van der Waals surface area contributed by atoms with Gasteiger partial charge < -0.3 is 0 Å². The van der Waals surface area contributed by atoms with Crippen molar-refractivity contribution in [1.29, 1.82) is 0 Å². The third-order valence-electron chi connectivity index (χ3n) is 5.78. The lowest BCUT2D eigenvalue weighted by molar-refractivity contribution is 0.300. The second-order valence-corrected chi connectivity index (χ2v) is 7.30. The fourth-order valence-electron chi connectivity index (χ4n) is 4.41. The van der Waals surface area contributed by atoms with Gasteiger partial charge in [0.1, 0.15) is 0 Å². The Kier molecular flexibility index (Phi) is 18.2. The molecule has 0 aromatic heterocycles. The summed E-state index contributed by atoms with van der Waals surface area (Å²) >= 11 is 0. The molecule has 0 heterocycles. The summed E-state index contributed by atoms with van der Waals surface area (Å²) in [6, 6.07) is 8.98. The van der Waals surface area contributed by atoms with Gasteiger partial charge in [-0.3, -0.25) is 0 Å². The molecule has 2 atom stereocenters. The quantitative estimate of drug-likeness (QED) is 0.295. The van der Waals surface area contributed by atoms with Crippen LogP contribution >= 0.6 is 0 Å². The molecule has 1 aliphatic rings. The van der Waals surface area contributed by atoms with E-state index < -0.39 is 0 Å². The Bertz CT molecular complexity index is 640. The Labute approximate surface area is 189 Å². The zero-order valence-electron chi connectivity index (χ0n) is 21.6. The molecule has 2 unspecified atom stereocenters. The molecule has 170 valence electrons. The van der Waals surface area contributed by atoms with Gasteiger partial charge in [-0.1, -0.05) is 103 Å². The van der Waals surface area contributed by atoms with Gasteiger partial charge in [-0.25, -0.2) is 0 Å². The molecule has 30 heavy (non-hydrogen) atoms. The number of benzene rings is 1. The maximum absolute atomic E-state index is 4.16. The molecular formula is C30H50. The molecule has 0 aliphatic heterocycles. The van der Waals surface area contributed by atoms with Gasteiger partial charge in [-0.05, 0) is 74.6 Å². The molecule has 1 aliphatic carbocycles. The molecule has 0 saturated heterocycles. The lowest BCUT2D eigenvalue weighted by Crippen LogP contribution is -2.34. The van der Waals surface area contributed by atoms with Crippen LogP contribution in [0.2, 0.25) is 0 Å². The first-order valence-electron chi connectivity index (χ1n) is 12.2. The van der Waals surface area contributed by atoms with Gasteiger partial charge in [-0.15, -0.1) is 6.58 Å². The number of hydrogen-bond donors (Lipinski definition) is 0. The van der Waals surface area contributed by atoms with Crippen LogP contribution in [0.4, 0.5) is 0 Å². The summed E-state index contributed by atoms with van der Waals surface area (Å²) in [5, 5.41) is 0. The summed E-state index contributed by atoms with van der Waals surface area (Å²) in [5.74, 6) is 0.633. The highest BCUT2D eigenvalue weighted by atomic mass is 14.5. The monoisotopic (exact) mass is 410 g/mol. The van der Waals surface area contributed by atoms with Crippen LogP contribution in [0, 0.1) is 5.92 Å². The lowest BCUT2D eigenvalue weighted by atomic mass is 9.64. The van der Waals surface area contributed by atoms with E-state index in [0.717, 1.165) is 6.42 Å². The lowest BCUT2D eigenvalue weighted by Gasteiger charge is -2.39. The van der Waals surface area contributed by atoms with Gasteiger partial charge in [0.25, 0.3) is 0 Å². The number of hydrogen-bond acceptors (Lipinski definition) is 0. The second kappa shape index (κ2) is 18.0. The first-order valence-corrected chi connectivity index (χ1v) is 12.2. The summed E-state index contributed by atoms with van der Waals surface area (Å²) < 4.78 is 0. The summed E-state index contributed by atoms with van der Waals surface area (Å²) in [4.78, 5) is 0. The number of allylic oxidation sites excluding steroid dienone is 6. The first kappa shape index (κ1) is 30.4. The molecule has 0 fully saturated rings. The fourth-order valence-corrected chi connectivity index (χ4v) is 4.41. The van der Waals surface area contributed by atoms with Crippen LogP contribution in [0.3, 0.4) is 0 Å². The number of fused-ring (bicyclic) bond motifs is 1. The highest BCUT2D eigenvalue weighted by molar-refractivity contribution is 5.81. The largest absolute Gasteiger partial charge is 0.103 e. The molecule has 1 aromatic rings. The molecule has 0 nitrogen and oxygen atoms in total. The second-order valence-electron chi connectivity index (χ2n) is 7.30. The van der Waals surface area contributed by atoms with Crippen molar-refractivity contribution in [3.63, 3.8) is 0 Å². The molecule has 2 rings (SSSR count). The molecule has 0 amide bonds. The zero-order valence-corrected chi connectivity index (χ0v) is 21.6. The Hall–Kier alpha value is -1.82. The highest BCUT2D eigenvalue weighted by Gasteiger charge is 2.45. The third-order valence-corrected chi connectivity index (χ3v) is 5.78. The van der Waals surface area contributed by atoms with Crippen molar-refractivity contribution in [3.05, 3.63) is 78.4 Å².